The number of amides is 1. The number of thiophene rings is 1. The van der Waals surface area contributed by atoms with Crippen LogP contribution in [-0.2, 0) is 11.2 Å². The van der Waals surface area contributed by atoms with Crippen molar-refractivity contribution in [1.29, 1.82) is 0 Å². The Morgan fingerprint density at radius 3 is 2.78 bits per heavy atom. The molecule has 0 radical (unpaired) electrons. The van der Waals surface area contributed by atoms with E-state index in [-0.39, 0.29) is 0 Å². The summed E-state index contributed by atoms with van der Waals surface area (Å²) in [6.07, 6.45) is 2.75. The summed E-state index contributed by atoms with van der Waals surface area (Å²) in [7, 11) is 2.15. The van der Waals surface area contributed by atoms with Gasteiger partial charge in [-0.2, -0.15) is 0 Å². The fourth-order valence-corrected chi connectivity index (χ4v) is 4.02. The highest BCUT2D eigenvalue weighted by atomic mass is 32.1. The first kappa shape index (κ1) is 12.2. The monoisotopic (exact) mass is 264 g/mol. The first-order valence-electron chi connectivity index (χ1n) is 6.66. The van der Waals surface area contributed by atoms with Crippen molar-refractivity contribution in [2.45, 2.75) is 19.3 Å². The van der Waals surface area contributed by atoms with Crippen molar-refractivity contribution in [2.75, 3.05) is 33.2 Å². The Kier molecular flexibility index (Phi) is 3.16. The van der Waals surface area contributed by atoms with E-state index in [9.17, 15) is 4.79 Å². The Morgan fingerprint density at radius 1 is 1.39 bits per heavy atom. The number of hydrogen-bond acceptors (Lipinski definition) is 3. The third kappa shape index (κ3) is 2.31. The number of carbonyl (C=O) groups excluding carboxylic acids is 1. The second-order valence-corrected chi connectivity index (χ2v) is 6.89. The normalized spacial score (nSPS) is 21.7. The van der Waals surface area contributed by atoms with Gasteiger partial charge in [-0.1, -0.05) is 6.07 Å². The topological polar surface area (TPSA) is 23.6 Å². The standard InChI is InChI=1S/C14H20N2OS/c1-15-8-14(9-15)10-16(11-14)13(17)6-2-4-12-5-3-7-18-12/h3,5,7H,2,4,6,8-11H2,1H3. The van der Waals surface area contributed by atoms with Crippen LogP contribution in [-0.4, -0.2) is 48.9 Å². The quantitative estimate of drug-likeness (QED) is 0.828. The van der Waals surface area contributed by atoms with E-state index in [0.29, 0.717) is 17.7 Å². The molecule has 2 fully saturated rings. The molecule has 0 bridgehead atoms. The lowest BCUT2D eigenvalue weighted by Gasteiger charge is -2.59. The summed E-state index contributed by atoms with van der Waals surface area (Å²) < 4.78 is 0. The number of nitrogens with zero attached hydrogens (tertiary/aromatic N) is 2. The lowest BCUT2D eigenvalue weighted by atomic mass is 9.73. The smallest absolute Gasteiger partial charge is 0.222 e. The van der Waals surface area contributed by atoms with Gasteiger partial charge < -0.3 is 9.80 Å². The molecule has 2 aliphatic heterocycles. The fraction of sp³-hybridized carbons (Fsp3) is 0.643. The van der Waals surface area contributed by atoms with Gasteiger partial charge in [0.25, 0.3) is 0 Å². The molecule has 18 heavy (non-hydrogen) atoms. The molecule has 2 aliphatic rings. The van der Waals surface area contributed by atoms with Gasteiger partial charge in [0.2, 0.25) is 5.91 Å². The van der Waals surface area contributed by atoms with Gasteiger partial charge >= 0.3 is 0 Å². The van der Waals surface area contributed by atoms with Crippen LogP contribution in [0.3, 0.4) is 0 Å². The van der Waals surface area contributed by atoms with Crippen LogP contribution >= 0.6 is 11.3 Å². The van der Waals surface area contributed by atoms with Gasteiger partial charge in [0, 0.05) is 42.9 Å². The maximum absolute atomic E-state index is 12.0. The van der Waals surface area contributed by atoms with Crippen LogP contribution in [0.15, 0.2) is 17.5 Å². The molecule has 0 aliphatic carbocycles. The summed E-state index contributed by atoms with van der Waals surface area (Å²) in [5, 5.41) is 2.10. The molecule has 0 saturated carbocycles. The molecule has 3 heterocycles. The van der Waals surface area contributed by atoms with E-state index < -0.39 is 0 Å². The zero-order chi connectivity index (χ0) is 12.6. The summed E-state index contributed by atoms with van der Waals surface area (Å²) in [5.41, 5.74) is 0.470. The Morgan fingerprint density at radius 2 is 2.17 bits per heavy atom. The summed E-state index contributed by atoms with van der Waals surface area (Å²) in [5.74, 6) is 0.353. The van der Waals surface area contributed by atoms with Crippen LogP contribution in [0.25, 0.3) is 0 Å². The highest BCUT2D eigenvalue weighted by Gasteiger charge is 2.51. The molecule has 0 aromatic carbocycles. The molecule has 1 aromatic heterocycles. The van der Waals surface area contributed by atoms with Crippen molar-refractivity contribution in [1.82, 2.24) is 9.80 Å². The van der Waals surface area contributed by atoms with Gasteiger partial charge in [-0.25, -0.2) is 0 Å². The van der Waals surface area contributed by atoms with Crippen molar-refractivity contribution >= 4 is 17.2 Å². The maximum Gasteiger partial charge on any atom is 0.222 e. The van der Waals surface area contributed by atoms with Gasteiger partial charge in [-0.05, 0) is 31.3 Å². The number of likely N-dealkylation sites (tertiary alicyclic amines) is 2. The molecule has 0 atom stereocenters. The van der Waals surface area contributed by atoms with E-state index in [1.54, 1.807) is 11.3 Å². The molecule has 3 nitrogen and oxygen atoms in total. The average Bonchev–Trinajstić information content (AvgIpc) is 2.74. The SMILES string of the molecule is CN1CC2(C1)CN(C(=O)CCCc1cccs1)C2. The summed E-state index contributed by atoms with van der Waals surface area (Å²) >= 11 is 1.79. The summed E-state index contributed by atoms with van der Waals surface area (Å²) in [6.45, 7) is 4.34. The summed E-state index contributed by atoms with van der Waals surface area (Å²) in [6, 6.07) is 4.23. The summed E-state index contributed by atoms with van der Waals surface area (Å²) in [4.78, 5) is 17.7. The Bertz CT molecular complexity index is 415. The third-order valence-corrected chi connectivity index (χ3v) is 4.95. The maximum atomic E-state index is 12.0. The largest absolute Gasteiger partial charge is 0.341 e. The van der Waals surface area contributed by atoms with E-state index in [1.807, 2.05) is 4.90 Å². The fourth-order valence-electron chi connectivity index (χ4n) is 3.27. The predicted octanol–water partition coefficient (Wildman–Crippen LogP) is 1.84. The number of aryl methyl sites for hydroxylation is 1. The number of hydrogen-bond donors (Lipinski definition) is 0. The van der Waals surface area contributed by atoms with E-state index in [1.165, 1.54) is 18.0 Å². The minimum absolute atomic E-state index is 0.353. The Hall–Kier alpha value is -0.870. The minimum Gasteiger partial charge on any atom is -0.341 e. The van der Waals surface area contributed by atoms with Crippen LogP contribution in [0, 0.1) is 5.41 Å². The molecule has 0 unspecified atom stereocenters. The van der Waals surface area contributed by atoms with E-state index in [2.05, 4.69) is 29.5 Å². The second-order valence-electron chi connectivity index (χ2n) is 5.86. The molecule has 1 amide bonds. The highest BCUT2D eigenvalue weighted by Crippen LogP contribution is 2.38. The van der Waals surface area contributed by atoms with Gasteiger partial charge in [0.05, 0.1) is 0 Å². The average molecular weight is 264 g/mol. The number of rotatable bonds is 4. The predicted molar refractivity (Wildman–Crippen MR) is 73.8 cm³/mol. The van der Waals surface area contributed by atoms with Crippen molar-refractivity contribution in [3.63, 3.8) is 0 Å². The molecule has 2 saturated heterocycles. The van der Waals surface area contributed by atoms with Crippen LogP contribution < -0.4 is 0 Å². The van der Waals surface area contributed by atoms with Crippen LogP contribution in [0.5, 0.6) is 0 Å². The molecule has 3 rings (SSSR count). The van der Waals surface area contributed by atoms with Crippen molar-refractivity contribution in [3.8, 4) is 0 Å². The zero-order valence-electron chi connectivity index (χ0n) is 10.9. The Balaban J connectivity index is 1.36. The third-order valence-electron chi connectivity index (χ3n) is 4.01. The van der Waals surface area contributed by atoms with Crippen molar-refractivity contribution in [2.24, 2.45) is 5.41 Å². The first-order chi connectivity index (χ1) is 8.67. The van der Waals surface area contributed by atoms with Crippen LogP contribution in [0.2, 0.25) is 0 Å². The Labute approximate surface area is 112 Å². The molecule has 98 valence electrons. The molecule has 1 aromatic rings. The minimum atomic E-state index is 0.353. The van der Waals surface area contributed by atoms with Crippen molar-refractivity contribution in [3.05, 3.63) is 22.4 Å². The molecular formula is C14H20N2OS. The van der Waals surface area contributed by atoms with Crippen LogP contribution in [0.1, 0.15) is 17.7 Å². The molecule has 4 heteroatoms. The van der Waals surface area contributed by atoms with Gasteiger partial charge in [-0.3, -0.25) is 4.79 Å². The highest BCUT2D eigenvalue weighted by molar-refractivity contribution is 7.09. The van der Waals surface area contributed by atoms with E-state index in [4.69, 9.17) is 0 Å². The van der Waals surface area contributed by atoms with E-state index in [0.717, 1.165) is 25.9 Å². The molecule has 1 spiro atoms. The van der Waals surface area contributed by atoms with Crippen molar-refractivity contribution < 1.29 is 4.79 Å². The van der Waals surface area contributed by atoms with E-state index >= 15 is 0 Å². The molecular weight excluding hydrogens is 244 g/mol. The second kappa shape index (κ2) is 4.67. The number of carbonyl (C=O) groups is 1. The van der Waals surface area contributed by atoms with Gasteiger partial charge in [0.15, 0.2) is 0 Å². The van der Waals surface area contributed by atoms with Crippen LogP contribution in [0.4, 0.5) is 0 Å². The molecule has 0 N–H and O–H groups in total. The van der Waals surface area contributed by atoms with Gasteiger partial charge in [0.1, 0.15) is 0 Å². The first-order valence-corrected chi connectivity index (χ1v) is 7.54. The lowest BCUT2D eigenvalue weighted by Crippen LogP contribution is -2.71. The lowest BCUT2D eigenvalue weighted by molar-refractivity contribution is -0.156. The van der Waals surface area contributed by atoms with Gasteiger partial charge in [-0.15, -0.1) is 11.3 Å². The zero-order valence-corrected chi connectivity index (χ0v) is 11.7.